The molecule has 2 bridgehead atoms. The molecule has 9 nitrogen and oxygen atoms in total. The fourth-order valence-corrected chi connectivity index (χ4v) is 14.1. The van der Waals surface area contributed by atoms with E-state index in [9.17, 15) is 20.1 Å². The van der Waals surface area contributed by atoms with E-state index in [0.29, 0.717) is 17.8 Å². The lowest BCUT2D eigenvalue weighted by atomic mass is 9.41. The molecule has 46 heavy (non-hydrogen) atoms. The van der Waals surface area contributed by atoms with Crippen LogP contribution in [0.5, 0.6) is 0 Å². The molecule has 8 fully saturated rings. The second-order valence-corrected chi connectivity index (χ2v) is 18.0. The first-order valence-corrected chi connectivity index (χ1v) is 18.0. The van der Waals surface area contributed by atoms with Gasteiger partial charge in [-0.2, -0.15) is 0 Å². The lowest BCUT2D eigenvalue weighted by Gasteiger charge is -2.63. The van der Waals surface area contributed by atoms with Gasteiger partial charge in [0.2, 0.25) is 0 Å². The van der Waals surface area contributed by atoms with Crippen molar-refractivity contribution in [1.29, 1.82) is 0 Å². The minimum atomic E-state index is -1.27. The maximum absolute atomic E-state index is 12.7. The molecule has 8 rings (SSSR count). The van der Waals surface area contributed by atoms with Crippen LogP contribution in [-0.2, 0) is 28.5 Å². The van der Waals surface area contributed by atoms with Crippen LogP contribution in [0.25, 0.3) is 0 Å². The normalized spacial score (nSPS) is 59.3. The first-order valence-electron chi connectivity index (χ1n) is 18.0. The molecule has 3 N–H and O–H groups in total. The molecule has 17 unspecified atom stereocenters. The van der Waals surface area contributed by atoms with Crippen molar-refractivity contribution in [3.63, 3.8) is 0 Å². The molecule has 0 aromatic rings. The summed E-state index contributed by atoms with van der Waals surface area (Å²) in [5, 5.41) is 33.5. The molecule has 5 aliphatic carbocycles. The van der Waals surface area contributed by atoms with Gasteiger partial charge in [0, 0.05) is 18.3 Å². The van der Waals surface area contributed by atoms with Crippen LogP contribution >= 0.6 is 0 Å². The summed E-state index contributed by atoms with van der Waals surface area (Å²) in [6.07, 6.45) is 2.90. The average molecular weight is 645 g/mol. The zero-order valence-electron chi connectivity index (χ0n) is 28.8. The third kappa shape index (κ3) is 3.64. The number of esters is 1. The van der Waals surface area contributed by atoms with Gasteiger partial charge in [0.05, 0.1) is 18.8 Å². The number of aliphatic hydroxyl groups excluding tert-OH is 3. The van der Waals surface area contributed by atoms with Crippen LogP contribution in [0.3, 0.4) is 0 Å². The highest BCUT2D eigenvalue weighted by atomic mass is 16.8. The topological polar surface area (TPSA) is 124 Å². The van der Waals surface area contributed by atoms with Crippen LogP contribution in [0, 0.1) is 50.7 Å². The molecule has 3 saturated heterocycles. The van der Waals surface area contributed by atoms with E-state index in [0.717, 1.165) is 44.1 Å². The van der Waals surface area contributed by atoms with E-state index in [-0.39, 0.29) is 57.9 Å². The highest BCUT2D eigenvalue weighted by Crippen LogP contribution is 2.90. The molecule has 0 amide bonds. The Bertz CT molecular complexity index is 1320. The second-order valence-electron chi connectivity index (χ2n) is 18.0. The van der Waals surface area contributed by atoms with Gasteiger partial charge >= 0.3 is 5.97 Å². The molecule has 9 heteroatoms. The SMILES string of the molecule is C=C(C)C1OC23OC1CC(C)C2C1(C)CCC24CC25CCC(OC2OCC(O)C(O)C2OC(C)=O)C(C)(C)C5CCC4C1(C)C3O. The zero-order valence-corrected chi connectivity index (χ0v) is 28.8. The molecular weight excluding hydrogens is 588 g/mol. The quantitative estimate of drug-likeness (QED) is 0.231. The Morgan fingerprint density at radius 2 is 1.63 bits per heavy atom. The fraction of sp³-hybridized carbons (Fsp3) is 0.919. The summed E-state index contributed by atoms with van der Waals surface area (Å²) in [5.41, 5.74) is 0.731. The molecule has 3 aliphatic heterocycles. The van der Waals surface area contributed by atoms with Gasteiger partial charge in [0.15, 0.2) is 18.2 Å². The minimum absolute atomic E-state index is 0.0447. The monoisotopic (exact) mass is 644 g/mol. The van der Waals surface area contributed by atoms with Crippen molar-refractivity contribution in [2.75, 3.05) is 6.61 Å². The van der Waals surface area contributed by atoms with E-state index in [2.05, 4.69) is 41.2 Å². The molecule has 3 heterocycles. The number of hydrogen-bond acceptors (Lipinski definition) is 9. The summed E-state index contributed by atoms with van der Waals surface area (Å²) in [4.78, 5) is 11.9. The van der Waals surface area contributed by atoms with Gasteiger partial charge < -0.3 is 39.0 Å². The molecule has 0 radical (unpaired) electrons. The maximum atomic E-state index is 12.7. The Balaban J connectivity index is 1.08. The van der Waals surface area contributed by atoms with Crippen molar-refractivity contribution in [2.24, 2.45) is 50.7 Å². The van der Waals surface area contributed by atoms with Gasteiger partial charge in [0.1, 0.15) is 24.4 Å². The minimum Gasteiger partial charge on any atom is -0.454 e. The van der Waals surface area contributed by atoms with Crippen molar-refractivity contribution in [3.8, 4) is 0 Å². The van der Waals surface area contributed by atoms with Crippen LogP contribution in [0.2, 0.25) is 0 Å². The van der Waals surface area contributed by atoms with E-state index in [1.807, 2.05) is 6.92 Å². The van der Waals surface area contributed by atoms with E-state index in [1.54, 1.807) is 0 Å². The van der Waals surface area contributed by atoms with E-state index >= 15 is 0 Å². The highest BCUT2D eigenvalue weighted by molar-refractivity contribution is 5.66. The Labute approximate surface area is 273 Å². The molecule has 0 aromatic heterocycles. The lowest BCUT2D eigenvalue weighted by molar-refractivity contribution is -0.305. The van der Waals surface area contributed by atoms with E-state index < -0.39 is 42.5 Å². The fourth-order valence-electron chi connectivity index (χ4n) is 14.1. The summed E-state index contributed by atoms with van der Waals surface area (Å²) in [6, 6.07) is 0. The second kappa shape index (κ2) is 9.79. The molecule has 17 atom stereocenters. The number of hydrogen-bond donors (Lipinski definition) is 3. The van der Waals surface area contributed by atoms with Crippen LogP contribution in [0.15, 0.2) is 12.2 Å². The van der Waals surface area contributed by atoms with Crippen LogP contribution < -0.4 is 0 Å². The smallest absolute Gasteiger partial charge is 0.303 e. The van der Waals surface area contributed by atoms with Gasteiger partial charge in [-0.3, -0.25) is 4.79 Å². The molecule has 5 saturated carbocycles. The van der Waals surface area contributed by atoms with Crippen molar-refractivity contribution in [2.45, 2.75) is 155 Å². The van der Waals surface area contributed by atoms with Crippen molar-refractivity contribution < 1.29 is 43.8 Å². The van der Waals surface area contributed by atoms with E-state index in [1.165, 1.54) is 19.8 Å². The maximum Gasteiger partial charge on any atom is 0.303 e. The molecule has 3 spiro atoms. The van der Waals surface area contributed by atoms with Crippen LogP contribution in [0.1, 0.15) is 99.8 Å². The van der Waals surface area contributed by atoms with Gasteiger partial charge in [0.25, 0.3) is 0 Å². The Hall–Kier alpha value is -1.07. The van der Waals surface area contributed by atoms with Gasteiger partial charge in [-0.15, -0.1) is 0 Å². The molecule has 0 aromatic carbocycles. The highest BCUT2D eigenvalue weighted by Gasteiger charge is 2.88. The molecule has 8 aliphatic rings. The van der Waals surface area contributed by atoms with Gasteiger partial charge in [-0.05, 0) is 103 Å². The third-order valence-corrected chi connectivity index (χ3v) is 15.9. The number of fused-ring (bicyclic) bond motifs is 4. The van der Waals surface area contributed by atoms with Crippen molar-refractivity contribution in [1.82, 2.24) is 0 Å². The first-order chi connectivity index (χ1) is 21.5. The zero-order chi connectivity index (χ0) is 33.0. The molecule has 258 valence electrons. The number of aliphatic hydroxyl groups is 3. The predicted molar refractivity (Wildman–Crippen MR) is 167 cm³/mol. The summed E-state index contributed by atoms with van der Waals surface area (Å²) < 4.78 is 31.6. The van der Waals surface area contributed by atoms with Crippen LogP contribution in [0.4, 0.5) is 0 Å². The van der Waals surface area contributed by atoms with Crippen molar-refractivity contribution in [3.05, 3.63) is 12.2 Å². The summed E-state index contributed by atoms with van der Waals surface area (Å²) in [5.74, 6) is -0.168. The number of carbonyl (C=O) groups excluding carboxylic acids is 1. The summed E-state index contributed by atoms with van der Waals surface area (Å²) in [6.45, 7) is 19.3. The lowest BCUT2D eigenvalue weighted by Crippen LogP contribution is -2.61. The average Bonchev–Trinajstić information content (AvgIpc) is 3.50. The van der Waals surface area contributed by atoms with Gasteiger partial charge in [-0.1, -0.05) is 41.2 Å². The first kappa shape index (κ1) is 32.2. The van der Waals surface area contributed by atoms with Crippen LogP contribution in [-0.4, -0.2) is 82.7 Å². The molecular formula is C37H56O9. The predicted octanol–water partition coefficient (Wildman–Crippen LogP) is 4.50. The Morgan fingerprint density at radius 1 is 0.935 bits per heavy atom. The summed E-state index contributed by atoms with van der Waals surface area (Å²) in [7, 11) is 0. The van der Waals surface area contributed by atoms with E-state index in [4.69, 9.17) is 23.7 Å². The van der Waals surface area contributed by atoms with Crippen molar-refractivity contribution >= 4 is 5.97 Å². The third-order valence-electron chi connectivity index (χ3n) is 15.9. The standard InChI is InChI=1S/C37H56O9/c1-18(2)27-22-15-19(3)29-33(7)13-14-36-17-35(36)12-11-25(44-30-28(43-20(4)38)26(40)21(39)16-42-30)32(5,6)23(35)9-10-24(36)34(33,8)31(41)37(29,45-22)46-27/h19,21-31,39-41H,1,9-17H2,2-8H3. The number of rotatable bonds is 4. The number of carbonyl (C=O) groups is 1. The Morgan fingerprint density at radius 3 is 2.33 bits per heavy atom. The Kier molecular flexibility index (Phi) is 6.84. The van der Waals surface area contributed by atoms with Gasteiger partial charge in [-0.25, -0.2) is 0 Å². The summed E-state index contributed by atoms with van der Waals surface area (Å²) >= 11 is 0. The largest absolute Gasteiger partial charge is 0.454 e. The number of ether oxygens (including phenoxy) is 5.